The molecule has 0 saturated carbocycles. The summed E-state index contributed by atoms with van der Waals surface area (Å²) in [6.07, 6.45) is 0.708. The molecule has 6 heteroatoms. The third-order valence-corrected chi connectivity index (χ3v) is 3.44. The smallest absolute Gasteiger partial charge is 0.254 e. The van der Waals surface area contributed by atoms with E-state index in [-0.39, 0.29) is 24.8 Å². The van der Waals surface area contributed by atoms with E-state index in [4.69, 9.17) is 5.11 Å². The number of aliphatic hydroxyl groups excluding tert-OH is 1. The Hall–Kier alpha value is -1.84. The summed E-state index contributed by atoms with van der Waals surface area (Å²) in [5, 5.41) is 12.9. The molecule has 0 saturated heterocycles. The average molecular weight is 294 g/mol. The number of hydrogen-bond donors (Lipinski definition) is 2. The third-order valence-electron chi connectivity index (χ3n) is 2.59. The van der Waals surface area contributed by atoms with Crippen LogP contribution in [0.1, 0.15) is 28.1 Å². The fraction of sp³-hybridized carbons (Fsp3) is 0.429. The number of nitrogens with one attached hydrogen (secondary N) is 1. The second kappa shape index (κ2) is 8.35. The molecule has 1 aromatic heterocycles. The normalized spacial score (nSPS) is 9.55. The van der Waals surface area contributed by atoms with Crippen molar-refractivity contribution in [3.8, 4) is 11.8 Å². The van der Waals surface area contributed by atoms with Crippen LogP contribution < -0.4 is 5.32 Å². The number of hydrogen-bond acceptors (Lipinski definition) is 4. The van der Waals surface area contributed by atoms with Crippen LogP contribution in [0, 0.1) is 11.8 Å². The molecule has 108 valence electrons. The highest BCUT2D eigenvalue weighted by Crippen LogP contribution is 2.15. The monoisotopic (exact) mass is 294 g/mol. The first-order valence-electron chi connectivity index (χ1n) is 6.22. The molecule has 0 atom stereocenters. The Balaban J connectivity index is 2.59. The fourth-order valence-corrected chi connectivity index (χ4v) is 2.18. The van der Waals surface area contributed by atoms with Crippen LogP contribution in [0.25, 0.3) is 0 Å². The van der Waals surface area contributed by atoms with Crippen LogP contribution in [0.15, 0.2) is 11.4 Å². The number of amides is 2. The minimum absolute atomic E-state index is 0.0341. The van der Waals surface area contributed by atoms with Crippen molar-refractivity contribution in [3.63, 3.8) is 0 Å². The summed E-state index contributed by atoms with van der Waals surface area (Å²) < 4.78 is 0. The molecule has 1 heterocycles. The van der Waals surface area contributed by atoms with Gasteiger partial charge in [-0.05, 0) is 6.07 Å². The van der Waals surface area contributed by atoms with E-state index in [0.29, 0.717) is 18.5 Å². The lowest BCUT2D eigenvalue weighted by atomic mass is 10.2. The standard InChI is InChI=1S/C14H18N2O3S/c1-15-13(18)6-7-16(2)14(19)11-9-12(20-10-11)5-3-4-8-17/h9-10,17H,4,6-8H2,1-2H3,(H,15,18). The number of aliphatic hydroxyl groups is 1. The summed E-state index contributed by atoms with van der Waals surface area (Å²) in [5.41, 5.74) is 0.572. The Labute approximate surface area is 122 Å². The minimum atomic E-state index is -0.125. The van der Waals surface area contributed by atoms with Crippen LogP contribution in [-0.4, -0.2) is 49.1 Å². The van der Waals surface area contributed by atoms with Crippen LogP contribution in [0.3, 0.4) is 0 Å². The lowest BCUT2D eigenvalue weighted by Gasteiger charge is -2.15. The molecule has 0 unspecified atom stereocenters. The predicted molar refractivity (Wildman–Crippen MR) is 78.5 cm³/mol. The van der Waals surface area contributed by atoms with Crippen molar-refractivity contribution < 1.29 is 14.7 Å². The summed E-state index contributed by atoms with van der Waals surface area (Å²) in [7, 11) is 3.24. The number of thiophene rings is 1. The number of carbonyl (C=O) groups excluding carboxylic acids is 2. The van der Waals surface area contributed by atoms with Crippen LogP contribution in [0.5, 0.6) is 0 Å². The lowest BCUT2D eigenvalue weighted by Crippen LogP contribution is -2.31. The maximum absolute atomic E-state index is 12.1. The first-order valence-corrected chi connectivity index (χ1v) is 7.10. The molecule has 2 amide bonds. The zero-order valence-corrected chi connectivity index (χ0v) is 12.4. The van der Waals surface area contributed by atoms with Crippen molar-refractivity contribution in [1.82, 2.24) is 10.2 Å². The maximum atomic E-state index is 12.1. The Morgan fingerprint density at radius 1 is 1.50 bits per heavy atom. The second-order valence-electron chi connectivity index (χ2n) is 4.12. The topological polar surface area (TPSA) is 69.6 Å². The van der Waals surface area contributed by atoms with Gasteiger partial charge in [0.2, 0.25) is 5.91 Å². The van der Waals surface area contributed by atoms with Gasteiger partial charge in [-0.25, -0.2) is 0 Å². The van der Waals surface area contributed by atoms with Gasteiger partial charge in [0.1, 0.15) is 0 Å². The number of carbonyl (C=O) groups is 2. The van der Waals surface area contributed by atoms with Crippen molar-refractivity contribution in [3.05, 3.63) is 21.9 Å². The Kier molecular flexibility index (Phi) is 6.77. The second-order valence-corrected chi connectivity index (χ2v) is 5.04. The molecule has 1 aromatic rings. The molecule has 0 aromatic carbocycles. The van der Waals surface area contributed by atoms with Gasteiger partial charge in [0.25, 0.3) is 5.91 Å². The molecule has 20 heavy (non-hydrogen) atoms. The molecule has 2 N–H and O–H groups in total. The average Bonchev–Trinajstić information content (AvgIpc) is 2.92. The summed E-state index contributed by atoms with van der Waals surface area (Å²) in [6.45, 7) is 0.409. The van der Waals surface area contributed by atoms with E-state index in [1.165, 1.54) is 16.2 Å². The summed E-state index contributed by atoms with van der Waals surface area (Å²) in [5.74, 6) is 5.49. The third kappa shape index (κ3) is 5.03. The van der Waals surface area contributed by atoms with Gasteiger partial charge >= 0.3 is 0 Å². The van der Waals surface area contributed by atoms with Crippen LogP contribution >= 0.6 is 11.3 Å². The van der Waals surface area contributed by atoms with Crippen molar-refractivity contribution >= 4 is 23.2 Å². The van der Waals surface area contributed by atoms with E-state index in [9.17, 15) is 9.59 Å². The molecule has 0 aliphatic rings. The quantitative estimate of drug-likeness (QED) is 0.785. The van der Waals surface area contributed by atoms with Gasteiger partial charge in [-0.15, -0.1) is 11.3 Å². The minimum Gasteiger partial charge on any atom is -0.395 e. The van der Waals surface area contributed by atoms with Crippen molar-refractivity contribution in [1.29, 1.82) is 0 Å². The molecule has 0 aliphatic carbocycles. The van der Waals surface area contributed by atoms with Gasteiger partial charge < -0.3 is 15.3 Å². The zero-order valence-electron chi connectivity index (χ0n) is 11.6. The molecule has 0 aliphatic heterocycles. The van der Waals surface area contributed by atoms with Crippen LogP contribution in [0.4, 0.5) is 0 Å². The van der Waals surface area contributed by atoms with Gasteiger partial charge in [-0.3, -0.25) is 9.59 Å². The molecular weight excluding hydrogens is 276 g/mol. The van der Waals surface area contributed by atoms with E-state index >= 15 is 0 Å². The van der Waals surface area contributed by atoms with Crippen molar-refractivity contribution in [2.24, 2.45) is 0 Å². The summed E-state index contributed by atoms with van der Waals surface area (Å²) in [4.78, 5) is 25.6. The first kappa shape index (κ1) is 16.2. The van der Waals surface area contributed by atoms with Gasteiger partial charge in [0, 0.05) is 38.9 Å². The highest BCUT2D eigenvalue weighted by molar-refractivity contribution is 7.10. The first-order chi connectivity index (χ1) is 9.58. The van der Waals surface area contributed by atoms with Crippen molar-refractivity contribution in [2.75, 3.05) is 27.2 Å². The molecule has 0 bridgehead atoms. The molecule has 5 nitrogen and oxygen atoms in total. The largest absolute Gasteiger partial charge is 0.395 e. The Bertz CT molecular complexity index is 528. The number of nitrogens with zero attached hydrogens (tertiary/aromatic N) is 1. The van der Waals surface area contributed by atoms with Crippen LogP contribution in [-0.2, 0) is 4.79 Å². The van der Waals surface area contributed by atoms with Crippen molar-refractivity contribution in [2.45, 2.75) is 12.8 Å². The molecule has 0 fully saturated rings. The molecular formula is C14H18N2O3S. The van der Waals surface area contributed by atoms with E-state index in [1.807, 2.05) is 0 Å². The number of rotatable bonds is 5. The summed E-state index contributed by atoms with van der Waals surface area (Å²) in [6, 6.07) is 1.73. The SMILES string of the molecule is CNC(=O)CCN(C)C(=O)c1csc(C#CCCO)c1. The fourth-order valence-electron chi connectivity index (χ4n) is 1.44. The van der Waals surface area contributed by atoms with E-state index < -0.39 is 0 Å². The van der Waals surface area contributed by atoms with E-state index in [2.05, 4.69) is 17.2 Å². The highest BCUT2D eigenvalue weighted by atomic mass is 32.1. The van der Waals surface area contributed by atoms with Gasteiger partial charge in [0.15, 0.2) is 0 Å². The van der Waals surface area contributed by atoms with Gasteiger partial charge in [-0.1, -0.05) is 11.8 Å². The van der Waals surface area contributed by atoms with Crippen LogP contribution in [0.2, 0.25) is 0 Å². The predicted octanol–water partition coefficient (Wildman–Crippen LogP) is 0.690. The highest BCUT2D eigenvalue weighted by Gasteiger charge is 2.14. The maximum Gasteiger partial charge on any atom is 0.254 e. The van der Waals surface area contributed by atoms with Gasteiger partial charge in [-0.2, -0.15) is 0 Å². The van der Waals surface area contributed by atoms with Gasteiger partial charge in [0.05, 0.1) is 17.0 Å². The summed E-state index contributed by atoms with van der Waals surface area (Å²) >= 11 is 1.39. The zero-order chi connectivity index (χ0) is 15.0. The molecule has 0 radical (unpaired) electrons. The lowest BCUT2D eigenvalue weighted by molar-refractivity contribution is -0.120. The van der Waals surface area contributed by atoms with E-state index in [1.54, 1.807) is 25.5 Å². The molecule has 1 rings (SSSR count). The van der Waals surface area contributed by atoms with E-state index in [0.717, 1.165) is 4.88 Å². The molecule has 0 spiro atoms. The Morgan fingerprint density at radius 3 is 2.90 bits per heavy atom. The Morgan fingerprint density at radius 2 is 2.25 bits per heavy atom.